The zero-order valence-electron chi connectivity index (χ0n) is 13.5. The fourth-order valence-corrected chi connectivity index (χ4v) is 3.06. The van der Waals surface area contributed by atoms with Crippen LogP contribution in [0.1, 0.15) is 29.0 Å². The van der Waals surface area contributed by atoms with Gasteiger partial charge in [0.25, 0.3) is 5.91 Å². The minimum Gasteiger partial charge on any atom is -0.504 e. The number of amides is 1. The normalized spacial score (nSPS) is 17.2. The summed E-state index contributed by atoms with van der Waals surface area (Å²) in [5, 5.41) is 9.89. The maximum atomic E-state index is 12.6. The van der Waals surface area contributed by atoms with Gasteiger partial charge in [0.05, 0.1) is 17.9 Å². The highest BCUT2D eigenvalue weighted by Crippen LogP contribution is 2.39. The minimum atomic E-state index is -0.253. The van der Waals surface area contributed by atoms with E-state index in [1.165, 1.54) is 0 Å². The van der Waals surface area contributed by atoms with Gasteiger partial charge in [-0.15, -0.1) is 0 Å². The molecule has 0 spiro atoms. The molecule has 0 saturated heterocycles. The summed E-state index contributed by atoms with van der Waals surface area (Å²) in [4.78, 5) is 16.4. The Bertz CT molecular complexity index is 745. The second kappa shape index (κ2) is 5.83. The number of aromatic hydroxyl groups is 1. The third-order valence-corrected chi connectivity index (χ3v) is 4.15. The lowest BCUT2D eigenvalue weighted by molar-refractivity contribution is 0.0711. The molecule has 1 atom stereocenters. The molecular formula is C18H20N2O3. The predicted octanol–water partition coefficient (Wildman–Crippen LogP) is 3.01. The number of fused-ring (bicyclic) bond motifs is 1. The average molecular weight is 312 g/mol. The van der Waals surface area contributed by atoms with E-state index in [2.05, 4.69) is 4.90 Å². The molecule has 0 bridgehead atoms. The fourth-order valence-electron chi connectivity index (χ4n) is 3.06. The average Bonchev–Trinajstić information content (AvgIpc) is 2.56. The van der Waals surface area contributed by atoms with Gasteiger partial charge >= 0.3 is 0 Å². The quantitative estimate of drug-likeness (QED) is 0.946. The second-order valence-electron chi connectivity index (χ2n) is 5.58. The number of ether oxygens (including phenoxy) is 1. The van der Waals surface area contributed by atoms with Crippen LogP contribution in [0.4, 0.5) is 5.69 Å². The molecule has 5 heteroatoms. The number of hydrogen-bond acceptors (Lipinski definition) is 4. The monoisotopic (exact) mass is 312 g/mol. The van der Waals surface area contributed by atoms with Crippen LogP contribution in [-0.4, -0.2) is 36.6 Å². The smallest absolute Gasteiger partial charge is 0.257 e. The van der Waals surface area contributed by atoms with Crippen LogP contribution >= 0.6 is 0 Å². The summed E-state index contributed by atoms with van der Waals surface area (Å²) in [6.07, 6.45) is -0.253. The molecule has 0 radical (unpaired) electrons. The summed E-state index contributed by atoms with van der Waals surface area (Å²) in [6.45, 7) is 2.33. The molecule has 5 nitrogen and oxygen atoms in total. The summed E-state index contributed by atoms with van der Waals surface area (Å²) in [5.74, 6) is 0.510. The van der Waals surface area contributed by atoms with E-state index in [1.807, 2.05) is 44.3 Å². The Morgan fingerprint density at radius 1 is 1.13 bits per heavy atom. The van der Waals surface area contributed by atoms with Crippen molar-refractivity contribution in [1.82, 2.24) is 4.90 Å². The van der Waals surface area contributed by atoms with Gasteiger partial charge in [-0.05, 0) is 36.8 Å². The van der Waals surface area contributed by atoms with Crippen molar-refractivity contribution in [1.29, 1.82) is 0 Å². The summed E-state index contributed by atoms with van der Waals surface area (Å²) < 4.78 is 5.46. The summed E-state index contributed by atoms with van der Waals surface area (Å²) >= 11 is 0. The molecule has 1 heterocycles. The summed E-state index contributed by atoms with van der Waals surface area (Å²) in [6, 6.07) is 12.8. The van der Waals surface area contributed by atoms with Crippen LogP contribution < -0.4 is 9.64 Å². The van der Waals surface area contributed by atoms with Gasteiger partial charge in [0, 0.05) is 14.1 Å². The van der Waals surface area contributed by atoms with E-state index in [0.717, 1.165) is 11.3 Å². The van der Waals surface area contributed by atoms with Gasteiger partial charge in [0.1, 0.15) is 6.17 Å². The predicted molar refractivity (Wildman–Crippen MR) is 89.0 cm³/mol. The minimum absolute atomic E-state index is 0.0188. The Labute approximate surface area is 135 Å². The Morgan fingerprint density at radius 2 is 1.87 bits per heavy atom. The van der Waals surface area contributed by atoms with Crippen LogP contribution in [0.25, 0.3) is 0 Å². The highest BCUT2D eigenvalue weighted by molar-refractivity contribution is 6.01. The number of carbonyl (C=O) groups is 1. The molecule has 3 rings (SSSR count). The van der Waals surface area contributed by atoms with Crippen molar-refractivity contribution < 1.29 is 14.6 Å². The van der Waals surface area contributed by atoms with Crippen molar-refractivity contribution in [3.63, 3.8) is 0 Å². The van der Waals surface area contributed by atoms with Crippen LogP contribution in [0, 0.1) is 0 Å². The van der Waals surface area contributed by atoms with Crippen LogP contribution in [0.2, 0.25) is 0 Å². The van der Waals surface area contributed by atoms with E-state index in [1.54, 1.807) is 24.1 Å². The van der Waals surface area contributed by atoms with E-state index >= 15 is 0 Å². The van der Waals surface area contributed by atoms with Crippen molar-refractivity contribution in [2.45, 2.75) is 13.1 Å². The van der Waals surface area contributed by atoms with E-state index in [0.29, 0.717) is 17.9 Å². The molecular weight excluding hydrogens is 292 g/mol. The number of nitrogens with zero attached hydrogens (tertiary/aromatic N) is 2. The maximum Gasteiger partial charge on any atom is 0.257 e. The van der Waals surface area contributed by atoms with Gasteiger partial charge in [-0.1, -0.05) is 18.2 Å². The van der Waals surface area contributed by atoms with Crippen molar-refractivity contribution in [2.75, 3.05) is 25.6 Å². The third kappa shape index (κ3) is 2.48. The highest BCUT2D eigenvalue weighted by Gasteiger charge is 2.34. The van der Waals surface area contributed by atoms with Gasteiger partial charge in [0.2, 0.25) is 0 Å². The molecule has 23 heavy (non-hydrogen) atoms. The molecule has 1 amide bonds. The second-order valence-corrected chi connectivity index (χ2v) is 5.58. The van der Waals surface area contributed by atoms with Crippen molar-refractivity contribution in [3.8, 4) is 11.5 Å². The Balaban J connectivity index is 2.06. The molecule has 0 unspecified atom stereocenters. The molecule has 120 valence electrons. The van der Waals surface area contributed by atoms with Crippen LogP contribution in [0.15, 0.2) is 42.5 Å². The largest absolute Gasteiger partial charge is 0.504 e. The number of benzene rings is 2. The van der Waals surface area contributed by atoms with Gasteiger partial charge < -0.3 is 19.6 Å². The molecule has 2 aromatic rings. The zero-order chi connectivity index (χ0) is 16.6. The molecule has 2 aromatic carbocycles. The number of para-hydroxylation sites is 1. The first-order valence-corrected chi connectivity index (χ1v) is 7.59. The lowest BCUT2D eigenvalue weighted by Gasteiger charge is -2.42. The number of carbonyl (C=O) groups excluding carboxylic acids is 1. The number of anilines is 1. The lowest BCUT2D eigenvalue weighted by Crippen LogP contribution is -2.45. The Hall–Kier alpha value is -2.69. The fraction of sp³-hybridized carbons (Fsp3) is 0.278. The standard InChI is InChI=1S/C18H20N2O3/c1-4-23-16-11-12(9-10-15(16)21)17-19(2)14-8-6-5-7-13(14)18(22)20(17)3/h5-11,17,21H,4H2,1-3H3/t17-/m1/s1. The SMILES string of the molecule is CCOc1cc([C@H]2N(C)C(=O)c3ccccc3N2C)ccc1O. The molecule has 1 N–H and O–H groups in total. The van der Waals surface area contributed by atoms with Gasteiger partial charge in [-0.3, -0.25) is 4.79 Å². The van der Waals surface area contributed by atoms with Crippen molar-refractivity contribution >= 4 is 11.6 Å². The molecule has 1 aliphatic heterocycles. The molecule has 0 fully saturated rings. The van der Waals surface area contributed by atoms with Crippen molar-refractivity contribution in [3.05, 3.63) is 53.6 Å². The van der Waals surface area contributed by atoms with Crippen molar-refractivity contribution in [2.24, 2.45) is 0 Å². The van der Waals surface area contributed by atoms with E-state index in [4.69, 9.17) is 4.74 Å². The van der Waals surface area contributed by atoms with E-state index < -0.39 is 0 Å². The molecule has 0 saturated carbocycles. The van der Waals surface area contributed by atoms with E-state index in [9.17, 15) is 9.90 Å². The number of hydrogen-bond donors (Lipinski definition) is 1. The Morgan fingerprint density at radius 3 is 2.61 bits per heavy atom. The maximum absolute atomic E-state index is 12.6. The summed E-state index contributed by atoms with van der Waals surface area (Å²) in [5.41, 5.74) is 2.48. The lowest BCUT2D eigenvalue weighted by atomic mass is 10.0. The van der Waals surface area contributed by atoms with Crippen LogP contribution in [0.5, 0.6) is 11.5 Å². The first-order valence-electron chi connectivity index (χ1n) is 7.59. The van der Waals surface area contributed by atoms with Crippen LogP contribution in [0.3, 0.4) is 0 Å². The topological polar surface area (TPSA) is 53.0 Å². The molecule has 0 aliphatic carbocycles. The summed E-state index contributed by atoms with van der Waals surface area (Å²) in [7, 11) is 3.74. The van der Waals surface area contributed by atoms with Gasteiger partial charge in [-0.25, -0.2) is 0 Å². The number of phenolic OH excluding ortho intramolecular Hbond substituents is 1. The van der Waals surface area contributed by atoms with Gasteiger partial charge in [-0.2, -0.15) is 0 Å². The number of rotatable bonds is 3. The number of phenols is 1. The van der Waals surface area contributed by atoms with Crippen LogP contribution in [-0.2, 0) is 0 Å². The Kier molecular flexibility index (Phi) is 3.86. The molecule has 1 aliphatic rings. The zero-order valence-corrected chi connectivity index (χ0v) is 13.5. The molecule has 0 aromatic heterocycles. The first kappa shape index (κ1) is 15.2. The first-order chi connectivity index (χ1) is 11.0. The van der Waals surface area contributed by atoms with E-state index in [-0.39, 0.29) is 17.8 Å². The third-order valence-electron chi connectivity index (χ3n) is 4.15. The van der Waals surface area contributed by atoms with Gasteiger partial charge in [0.15, 0.2) is 11.5 Å². The highest BCUT2D eigenvalue weighted by atomic mass is 16.5.